The number of ketones is 2. The fourth-order valence-electron chi connectivity index (χ4n) is 14.7. The lowest BCUT2D eigenvalue weighted by Crippen LogP contribution is -2.54. The summed E-state index contributed by atoms with van der Waals surface area (Å²) in [6, 6.07) is 0. The summed E-state index contributed by atoms with van der Waals surface area (Å²) < 4.78 is 11.9. The van der Waals surface area contributed by atoms with Crippen molar-refractivity contribution in [2.75, 3.05) is 0 Å². The molecule has 0 spiro atoms. The van der Waals surface area contributed by atoms with Gasteiger partial charge in [0.05, 0.1) is 24.4 Å². The molecule has 10 aliphatic rings. The Hall–Kier alpha value is -0.740. The molecule has 0 aromatic heterocycles. The number of ether oxygens (including phenoxy) is 2. The summed E-state index contributed by atoms with van der Waals surface area (Å²) in [7, 11) is 0. The van der Waals surface area contributed by atoms with E-state index in [-0.39, 0.29) is 10.8 Å². The first-order valence-electron chi connectivity index (χ1n) is 18.5. The van der Waals surface area contributed by atoms with Crippen LogP contribution in [0, 0.1) is 69.0 Å². The third kappa shape index (κ3) is 3.55. The van der Waals surface area contributed by atoms with Gasteiger partial charge in [0.1, 0.15) is 11.6 Å². The molecule has 2 heterocycles. The Morgan fingerprint density at radius 1 is 0.476 bits per heavy atom. The Balaban J connectivity index is 0.000000119. The second-order valence-corrected chi connectivity index (χ2v) is 18.3. The number of fused-ring (bicyclic) bond motifs is 14. The van der Waals surface area contributed by atoms with Gasteiger partial charge in [0.25, 0.3) is 0 Å². The number of Topliss-reactive ketones (excluding diaryl/α,β-unsaturated/α-hetero) is 2. The number of hydrogen-bond donors (Lipinski definition) is 0. The van der Waals surface area contributed by atoms with E-state index in [9.17, 15) is 9.59 Å². The Labute approximate surface area is 254 Å². The molecule has 42 heavy (non-hydrogen) atoms. The van der Waals surface area contributed by atoms with Crippen LogP contribution in [0.3, 0.4) is 0 Å². The van der Waals surface area contributed by atoms with Crippen LogP contribution in [0.5, 0.6) is 0 Å². The number of epoxide rings is 2. The molecule has 0 radical (unpaired) electrons. The minimum absolute atomic E-state index is 0.0393. The van der Waals surface area contributed by atoms with E-state index in [4.69, 9.17) is 9.47 Å². The average molecular weight is 577 g/mol. The lowest BCUT2D eigenvalue weighted by atomic mass is 9.45. The summed E-state index contributed by atoms with van der Waals surface area (Å²) >= 11 is 0. The van der Waals surface area contributed by atoms with Gasteiger partial charge in [0, 0.05) is 23.7 Å². The van der Waals surface area contributed by atoms with Gasteiger partial charge in [-0.2, -0.15) is 0 Å². The van der Waals surface area contributed by atoms with Crippen molar-refractivity contribution in [2.45, 2.75) is 155 Å². The van der Waals surface area contributed by atoms with Gasteiger partial charge in [-0.1, -0.05) is 27.7 Å². The molecule has 0 amide bonds. The van der Waals surface area contributed by atoms with Crippen LogP contribution in [0.4, 0.5) is 0 Å². The third-order valence-electron chi connectivity index (χ3n) is 17.3. The highest BCUT2D eigenvalue weighted by atomic mass is 16.6. The number of carbonyl (C=O) groups is 2. The first-order valence-corrected chi connectivity index (χ1v) is 18.5. The first kappa shape index (κ1) is 27.6. The summed E-state index contributed by atoms with van der Waals surface area (Å²) in [6.07, 6.45) is 22.2. The normalized spacial score (nSPS) is 61.5. The number of rotatable bonds is 0. The van der Waals surface area contributed by atoms with Gasteiger partial charge in [-0.25, -0.2) is 0 Å². The molecule has 2 aliphatic heterocycles. The molecule has 4 nitrogen and oxygen atoms in total. The smallest absolute Gasteiger partial charge is 0.139 e. The summed E-state index contributed by atoms with van der Waals surface area (Å²) in [5.41, 5.74) is 1.09. The van der Waals surface area contributed by atoms with Gasteiger partial charge in [-0.3, -0.25) is 9.59 Å². The highest BCUT2D eigenvalue weighted by molar-refractivity contribution is 5.87. The van der Waals surface area contributed by atoms with Crippen molar-refractivity contribution in [3.63, 3.8) is 0 Å². The SMILES string of the molecule is C[C@]12CC[C@@H]3O[C@@H]3[C@H]1CC[C@@H]1[C@@H]2CC[C@]2(C)C(=O)CC[C@@H]12.C[C@]12CC[C@@H]3O[C@@H]3[C@H]1CC[C@@H]1[C@@H]2CC[C@]2(C)C(=O)CC[C@@H]12. The standard InChI is InChI=1S/2C19H28O2/c2*1-18-10-8-15-17(21-15)14(18)4-3-11-12-5-6-16(20)19(12,2)9-7-13(11)18/h2*11-15,17H,3-10H2,1-2H3/t2*11-,12-,13-,14+,15-,17+,18+,19-/m00/s1. The molecule has 0 N–H and O–H groups in total. The molecular formula is C38H56O4. The lowest BCUT2D eigenvalue weighted by Gasteiger charge is -2.58. The van der Waals surface area contributed by atoms with Crippen molar-refractivity contribution in [3.05, 3.63) is 0 Å². The number of hydrogen-bond acceptors (Lipinski definition) is 4. The van der Waals surface area contributed by atoms with Crippen LogP contribution in [-0.2, 0) is 19.1 Å². The molecular weight excluding hydrogens is 520 g/mol. The van der Waals surface area contributed by atoms with E-state index in [0.717, 1.165) is 61.2 Å². The van der Waals surface area contributed by atoms with Gasteiger partial charge in [0.2, 0.25) is 0 Å². The van der Waals surface area contributed by atoms with Crippen LogP contribution in [-0.4, -0.2) is 36.0 Å². The minimum atomic E-state index is 0.0393. The fourth-order valence-corrected chi connectivity index (χ4v) is 14.7. The van der Waals surface area contributed by atoms with Crippen LogP contribution in [0.25, 0.3) is 0 Å². The molecule has 0 bridgehead atoms. The van der Waals surface area contributed by atoms with Crippen molar-refractivity contribution in [3.8, 4) is 0 Å². The molecule has 8 aliphatic carbocycles. The molecule has 0 aromatic carbocycles. The van der Waals surface area contributed by atoms with E-state index in [1.54, 1.807) is 0 Å². The predicted molar refractivity (Wildman–Crippen MR) is 162 cm³/mol. The second kappa shape index (κ2) is 8.95. The van der Waals surface area contributed by atoms with Crippen molar-refractivity contribution >= 4 is 11.6 Å². The molecule has 8 saturated carbocycles. The zero-order valence-corrected chi connectivity index (χ0v) is 26.9. The Kier molecular flexibility index (Phi) is 5.87. The maximum absolute atomic E-state index is 12.4. The molecule has 232 valence electrons. The van der Waals surface area contributed by atoms with Crippen molar-refractivity contribution in [1.29, 1.82) is 0 Å². The van der Waals surface area contributed by atoms with Crippen LogP contribution >= 0.6 is 0 Å². The van der Waals surface area contributed by atoms with E-state index >= 15 is 0 Å². The van der Waals surface area contributed by atoms with Gasteiger partial charge >= 0.3 is 0 Å². The van der Waals surface area contributed by atoms with Crippen molar-refractivity contribution in [2.24, 2.45) is 69.0 Å². The molecule has 2 saturated heterocycles. The Morgan fingerprint density at radius 3 is 1.33 bits per heavy atom. The maximum atomic E-state index is 12.4. The summed E-state index contributed by atoms with van der Waals surface area (Å²) in [5.74, 6) is 7.56. The van der Waals surface area contributed by atoms with Gasteiger partial charge < -0.3 is 9.47 Å². The van der Waals surface area contributed by atoms with Gasteiger partial charge in [-0.05, 0) is 148 Å². The largest absolute Gasteiger partial charge is 0.369 e. The van der Waals surface area contributed by atoms with Crippen LogP contribution < -0.4 is 0 Å². The molecule has 4 heteroatoms. The Morgan fingerprint density at radius 2 is 0.905 bits per heavy atom. The van der Waals surface area contributed by atoms with E-state index in [1.807, 2.05) is 0 Å². The molecule has 10 fully saturated rings. The second-order valence-electron chi connectivity index (χ2n) is 18.3. The third-order valence-corrected chi connectivity index (χ3v) is 17.3. The van der Waals surface area contributed by atoms with Crippen LogP contribution in [0.15, 0.2) is 0 Å². The van der Waals surface area contributed by atoms with Crippen molar-refractivity contribution in [1.82, 2.24) is 0 Å². The molecule has 16 atom stereocenters. The lowest BCUT2D eigenvalue weighted by molar-refractivity contribution is -0.138. The monoisotopic (exact) mass is 576 g/mol. The highest BCUT2D eigenvalue weighted by Gasteiger charge is 2.66. The van der Waals surface area contributed by atoms with Gasteiger partial charge in [0.15, 0.2) is 0 Å². The average Bonchev–Trinajstić information content (AvgIpc) is 3.88. The predicted octanol–water partition coefficient (Wildman–Crippen LogP) is 7.95. The van der Waals surface area contributed by atoms with Gasteiger partial charge in [-0.15, -0.1) is 0 Å². The quantitative estimate of drug-likeness (QED) is 0.275. The van der Waals surface area contributed by atoms with E-state index < -0.39 is 0 Å². The zero-order chi connectivity index (χ0) is 28.8. The van der Waals surface area contributed by atoms with E-state index in [2.05, 4.69) is 27.7 Å². The Bertz CT molecular complexity index is 1090. The van der Waals surface area contributed by atoms with Crippen molar-refractivity contribution < 1.29 is 19.1 Å². The fraction of sp³-hybridized carbons (Fsp3) is 0.947. The molecule has 0 unspecified atom stereocenters. The van der Waals surface area contributed by atoms with E-state index in [0.29, 0.717) is 58.6 Å². The highest BCUT2D eigenvalue weighted by Crippen LogP contribution is 2.69. The maximum Gasteiger partial charge on any atom is 0.139 e. The summed E-state index contributed by atoms with van der Waals surface area (Å²) in [4.78, 5) is 24.8. The zero-order valence-electron chi connectivity index (χ0n) is 26.9. The van der Waals surface area contributed by atoms with Crippen LogP contribution in [0.1, 0.15) is 130 Å². The topological polar surface area (TPSA) is 59.2 Å². The first-order chi connectivity index (χ1) is 20.1. The number of carbonyl (C=O) groups excluding carboxylic acids is 2. The molecule has 0 aromatic rings. The molecule has 10 rings (SSSR count). The minimum Gasteiger partial charge on any atom is -0.369 e. The summed E-state index contributed by atoms with van der Waals surface area (Å²) in [5, 5.41) is 0. The van der Waals surface area contributed by atoms with E-state index in [1.165, 1.54) is 77.0 Å². The van der Waals surface area contributed by atoms with Crippen LogP contribution in [0.2, 0.25) is 0 Å². The summed E-state index contributed by atoms with van der Waals surface area (Å²) in [6.45, 7) is 9.73.